The van der Waals surface area contributed by atoms with Gasteiger partial charge in [-0.15, -0.1) is 0 Å². The molecular formula is C24H33NO10. The molecule has 11 nitrogen and oxygen atoms in total. The lowest BCUT2D eigenvalue weighted by Gasteiger charge is -2.43. The average Bonchev–Trinajstić information content (AvgIpc) is 2.76. The quantitative estimate of drug-likeness (QED) is 0.315. The third-order valence-corrected chi connectivity index (χ3v) is 5.50. The number of carbonyl (C=O) groups excluding carboxylic acids is 4. The molecule has 2 rings (SSSR count). The summed E-state index contributed by atoms with van der Waals surface area (Å²) in [5, 5.41) is 9.72. The summed E-state index contributed by atoms with van der Waals surface area (Å²) in [6.07, 6.45) is -1.34. The molecular weight excluding hydrogens is 462 g/mol. The highest BCUT2D eigenvalue weighted by atomic mass is 16.6. The fourth-order valence-electron chi connectivity index (χ4n) is 3.97. The summed E-state index contributed by atoms with van der Waals surface area (Å²) in [6, 6.07) is 0. The number of carbonyl (C=O) groups is 5. The minimum Gasteiger partial charge on any atom is -0.478 e. The summed E-state index contributed by atoms with van der Waals surface area (Å²) in [6.45, 7) is 5.01. The van der Waals surface area contributed by atoms with Crippen LogP contribution in [-0.4, -0.2) is 65.8 Å². The minimum atomic E-state index is -1.41. The van der Waals surface area contributed by atoms with Crippen molar-refractivity contribution in [3.63, 3.8) is 0 Å². The summed E-state index contributed by atoms with van der Waals surface area (Å²) in [7, 11) is 0. The van der Waals surface area contributed by atoms with Crippen LogP contribution in [0.25, 0.3) is 0 Å². The van der Waals surface area contributed by atoms with Gasteiger partial charge in [-0.1, -0.05) is 20.8 Å². The van der Waals surface area contributed by atoms with E-state index in [0.29, 0.717) is 19.3 Å². The largest absolute Gasteiger partial charge is 0.478 e. The van der Waals surface area contributed by atoms with Gasteiger partial charge < -0.3 is 29.8 Å². The number of hydrogen-bond donors (Lipinski definition) is 2. The molecule has 0 aromatic carbocycles. The third kappa shape index (κ3) is 7.38. The topological polar surface area (TPSA) is 169 Å². The summed E-state index contributed by atoms with van der Waals surface area (Å²) >= 11 is 0. The molecule has 1 aliphatic carbocycles. The second-order valence-corrected chi connectivity index (χ2v) is 8.41. The smallest absolute Gasteiger partial charge is 0.332 e. The Morgan fingerprint density at radius 2 is 1.43 bits per heavy atom. The zero-order chi connectivity index (χ0) is 26.1. The van der Waals surface area contributed by atoms with E-state index in [1.807, 2.05) is 0 Å². The van der Waals surface area contributed by atoms with Crippen LogP contribution in [0.15, 0.2) is 23.4 Å². The monoisotopic (exact) mass is 495 g/mol. The van der Waals surface area contributed by atoms with Gasteiger partial charge in [0.05, 0.1) is 18.1 Å². The van der Waals surface area contributed by atoms with Gasteiger partial charge in [0.1, 0.15) is 6.10 Å². The Morgan fingerprint density at radius 1 is 0.914 bits per heavy atom. The Labute approximate surface area is 203 Å². The molecule has 2 aliphatic rings. The first-order chi connectivity index (χ1) is 16.6. The second kappa shape index (κ2) is 13.0. The molecule has 2 unspecified atom stereocenters. The Kier molecular flexibility index (Phi) is 10.4. The van der Waals surface area contributed by atoms with Gasteiger partial charge in [0.2, 0.25) is 0 Å². The minimum absolute atomic E-state index is 0.0201. The normalized spacial score (nSPS) is 26.3. The first-order valence-corrected chi connectivity index (χ1v) is 11.8. The fourth-order valence-corrected chi connectivity index (χ4v) is 3.97. The maximum atomic E-state index is 12.9. The van der Waals surface area contributed by atoms with E-state index in [0.717, 1.165) is 12.2 Å². The molecule has 11 heteroatoms. The van der Waals surface area contributed by atoms with E-state index in [2.05, 4.69) is 0 Å². The van der Waals surface area contributed by atoms with E-state index in [9.17, 15) is 29.1 Å². The van der Waals surface area contributed by atoms with E-state index in [1.165, 1.54) is 0 Å². The highest BCUT2D eigenvalue weighted by molar-refractivity contribution is 6.04. The maximum Gasteiger partial charge on any atom is 0.332 e. The van der Waals surface area contributed by atoms with Crippen LogP contribution >= 0.6 is 0 Å². The molecule has 0 aromatic heterocycles. The van der Waals surface area contributed by atoms with Crippen molar-refractivity contribution in [2.24, 2.45) is 11.7 Å². The second-order valence-electron chi connectivity index (χ2n) is 8.41. The van der Waals surface area contributed by atoms with Gasteiger partial charge in [0.25, 0.3) is 0 Å². The van der Waals surface area contributed by atoms with E-state index in [-0.39, 0.29) is 37.1 Å². The number of carboxylic acid groups (broad SMARTS) is 1. The summed E-state index contributed by atoms with van der Waals surface area (Å²) in [5.41, 5.74) is 5.28. The molecule has 194 valence electrons. The van der Waals surface area contributed by atoms with Crippen molar-refractivity contribution >= 4 is 29.7 Å². The molecule has 0 saturated carbocycles. The Balaban J connectivity index is 2.51. The predicted octanol–water partition coefficient (Wildman–Crippen LogP) is 1.57. The zero-order valence-corrected chi connectivity index (χ0v) is 20.2. The van der Waals surface area contributed by atoms with E-state index in [1.54, 1.807) is 20.8 Å². The van der Waals surface area contributed by atoms with Crippen LogP contribution in [0.1, 0.15) is 59.3 Å². The number of rotatable bonds is 11. The molecule has 0 aromatic rings. The number of ether oxygens (including phenoxy) is 4. The van der Waals surface area contributed by atoms with Crippen molar-refractivity contribution in [2.45, 2.75) is 83.7 Å². The zero-order valence-electron chi connectivity index (χ0n) is 20.2. The first-order valence-electron chi connectivity index (χ1n) is 11.8. The van der Waals surface area contributed by atoms with E-state index in [4.69, 9.17) is 24.7 Å². The molecule has 0 radical (unpaired) electrons. The Hall–Kier alpha value is -3.21. The lowest BCUT2D eigenvalue weighted by atomic mass is 9.79. The van der Waals surface area contributed by atoms with Crippen molar-refractivity contribution in [3.8, 4) is 0 Å². The van der Waals surface area contributed by atoms with Crippen LogP contribution < -0.4 is 5.73 Å². The summed E-state index contributed by atoms with van der Waals surface area (Å²) < 4.78 is 22.5. The maximum absolute atomic E-state index is 12.9. The third-order valence-electron chi connectivity index (χ3n) is 5.50. The predicted molar refractivity (Wildman–Crippen MR) is 121 cm³/mol. The lowest BCUT2D eigenvalue weighted by Crippen LogP contribution is -2.61. The van der Waals surface area contributed by atoms with Crippen LogP contribution in [0.4, 0.5) is 0 Å². The summed E-state index contributed by atoms with van der Waals surface area (Å²) in [4.78, 5) is 62.0. The Morgan fingerprint density at radius 3 is 1.94 bits per heavy atom. The van der Waals surface area contributed by atoms with Crippen LogP contribution in [0.3, 0.4) is 0 Å². The number of allylic oxidation sites excluding steroid dienone is 2. The van der Waals surface area contributed by atoms with Crippen LogP contribution in [0.2, 0.25) is 0 Å². The molecule has 1 aliphatic heterocycles. The molecule has 1 heterocycles. The highest BCUT2D eigenvalue weighted by Crippen LogP contribution is 2.35. The molecule has 5 atom stereocenters. The van der Waals surface area contributed by atoms with Gasteiger partial charge >= 0.3 is 23.9 Å². The molecule has 0 bridgehead atoms. The van der Waals surface area contributed by atoms with Crippen molar-refractivity contribution < 1.29 is 48.0 Å². The van der Waals surface area contributed by atoms with Crippen molar-refractivity contribution in [2.75, 3.05) is 6.61 Å². The number of esters is 3. The number of hydrogen-bond acceptors (Lipinski definition) is 10. The fraction of sp³-hybridized carbons (Fsp3) is 0.625. The number of nitrogens with two attached hydrogens (primary N) is 1. The molecule has 0 spiro atoms. The van der Waals surface area contributed by atoms with Gasteiger partial charge in [0.15, 0.2) is 24.1 Å². The molecule has 1 fully saturated rings. The first kappa shape index (κ1) is 28.0. The van der Waals surface area contributed by atoms with Crippen LogP contribution in [0.5, 0.6) is 0 Å². The van der Waals surface area contributed by atoms with Gasteiger partial charge in [0, 0.05) is 31.0 Å². The SMILES string of the molecule is CCCC(=O)O[C@H]1[C@H](OC(=O)CCC)C(C2C(=O)C=C(N)C=C2C(=O)O)OC[C@H]1OC(=O)CCC. The van der Waals surface area contributed by atoms with E-state index >= 15 is 0 Å². The average molecular weight is 496 g/mol. The molecule has 3 N–H and O–H groups in total. The summed E-state index contributed by atoms with van der Waals surface area (Å²) in [5.74, 6) is -5.31. The van der Waals surface area contributed by atoms with Gasteiger partial charge in [-0.25, -0.2) is 4.79 Å². The van der Waals surface area contributed by atoms with Crippen LogP contribution in [-0.2, 0) is 42.9 Å². The van der Waals surface area contributed by atoms with Crippen molar-refractivity contribution in [3.05, 3.63) is 23.4 Å². The number of ketones is 1. The lowest BCUT2D eigenvalue weighted by molar-refractivity contribution is -0.232. The van der Waals surface area contributed by atoms with Crippen molar-refractivity contribution in [1.29, 1.82) is 0 Å². The van der Waals surface area contributed by atoms with Gasteiger partial charge in [-0.3, -0.25) is 19.2 Å². The number of aliphatic carboxylic acids is 1. The van der Waals surface area contributed by atoms with Gasteiger partial charge in [-0.2, -0.15) is 0 Å². The molecule has 35 heavy (non-hydrogen) atoms. The van der Waals surface area contributed by atoms with Crippen molar-refractivity contribution in [1.82, 2.24) is 0 Å². The Bertz CT molecular complexity index is 893. The van der Waals surface area contributed by atoms with Gasteiger partial charge in [-0.05, 0) is 25.3 Å². The van der Waals surface area contributed by atoms with E-state index < -0.39 is 60.0 Å². The molecule has 1 saturated heterocycles. The highest BCUT2D eigenvalue weighted by Gasteiger charge is 2.53. The van der Waals surface area contributed by atoms with Crippen LogP contribution in [0, 0.1) is 5.92 Å². The number of carboxylic acids is 1. The molecule has 0 amide bonds. The standard InChI is InChI=1S/C24H33NO10/c1-4-7-17(27)33-16-12-32-22(20-14(24(30)31)10-13(25)11-15(20)26)23(35-19(29)9-6-3)21(16)34-18(28)8-5-2/h10-11,16,20-23H,4-9,12,25H2,1-3H3,(H,30,31)/t16-,20?,21-,22?,23+/m1/s1.